The van der Waals surface area contributed by atoms with E-state index in [-0.39, 0.29) is 17.8 Å². The quantitative estimate of drug-likeness (QED) is 0.500. The average Bonchev–Trinajstić information content (AvgIpc) is 2.69. The Kier molecular flexibility index (Phi) is 5.67. The molecule has 0 aliphatic heterocycles. The van der Waals surface area contributed by atoms with Crippen LogP contribution >= 0.6 is 0 Å². The summed E-state index contributed by atoms with van der Waals surface area (Å²) in [6.07, 6.45) is -3.46. The number of alkyl halides is 3. The van der Waals surface area contributed by atoms with E-state index in [0.717, 1.165) is 22.8 Å². The molecule has 0 spiro atoms. The molecule has 0 atom stereocenters. The van der Waals surface area contributed by atoms with Crippen LogP contribution < -0.4 is 10.9 Å². The predicted molar refractivity (Wildman–Crippen MR) is 102 cm³/mol. The number of carbonyl (C=O) groups is 1. The van der Waals surface area contributed by atoms with Crippen LogP contribution in [0.4, 0.5) is 24.5 Å². The van der Waals surface area contributed by atoms with Gasteiger partial charge in [0.2, 0.25) is 0 Å². The summed E-state index contributed by atoms with van der Waals surface area (Å²) in [5, 5.41) is 13.1. The fraction of sp³-hybridized carbons (Fsp3) is 0.100. The van der Waals surface area contributed by atoms with Crippen molar-refractivity contribution in [1.29, 1.82) is 0 Å². The first-order valence-electron chi connectivity index (χ1n) is 8.56. The molecule has 1 amide bonds. The van der Waals surface area contributed by atoms with Crippen molar-refractivity contribution < 1.29 is 22.9 Å². The summed E-state index contributed by atoms with van der Waals surface area (Å²) in [7, 11) is 0. The highest BCUT2D eigenvalue weighted by atomic mass is 19.4. The van der Waals surface area contributed by atoms with Crippen LogP contribution in [0, 0.1) is 10.1 Å². The van der Waals surface area contributed by atoms with Gasteiger partial charge in [0.05, 0.1) is 28.3 Å². The summed E-state index contributed by atoms with van der Waals surface area (Å²) < 4.78 is 40.5. The molecular weight excluding hydrogens is 403 g/mol. The van der Waals surface area contributed by atoms with E-state index in [2.05, 4.69) is 5.32 Å². The minimum Gasteiger partial charge on any atom is -0.321 e. The summed E-state index contributed by atoms with van der Waals surface area (Å²) in [5.74, 6) is -0.834. The van der Waals surface area contributed by atoms with Crippen LogP contribution in [-0.2, 0) is 12.7 Å². The van der Waals surface area contributed by atoms with Gasteiger partial charge < -0.3 is 9.88 Å². The Labute approximate surface area is 167 Å². The van der Waals surface area contributed by atoms with Gasteiger partial charge in [-0.1, -0.05) is 24.3 Å². The number of nitrogens with one attached hydrogen (secondary N) is 1. The zero-order chi connectivity index (χ0) is 21.9. The van der Waals surface area contributed by atoms with Crippen LogP contribution in [0.25, 0.3) is 0 Å². The van der Waals surface area contributed by atoms with Crippen LogP contribution in [0.3, 0.4) is 0 Å². The minimum atomic E-state index is -4.65. The average molecular weight is 417 g/mol. The molecule has 1 N–H and O–H groups in total. The zero-order valence-electron chi connectivity index (χ0n) is 15.2. The van der Waals surface area contributed by atoms with Crippen molar-refractivity contribution in [3.8, 4) is 0 Å². The van der Waals surface area contributed by atoms with E-state index in [4.69, 9.17) is 0 Å². The molecule has 0 bridgehead atoms. The Morgan fingerprint density at radius 3 is 2.50 bits per heavy atom. The van der Waals surface area contributed by atoms with E-state index in [9.17, 15) is 32.9 Å². The summed E-state index contributed by atoms with van der Waals surface area (Å²) >= 11 is 0. The van der Waals surface area contributed by atoms with E-state index >= 15 is 0 Å². The fourth-order valence-corrected chi connectivity index (χ4v) is 2.79. The highest BCUT2D eigenvalue weighted by molar-refractivity contribution is 6.04. The Balaban J connectivity index is 1.87. The monoisotopic (exact) mass is 417 g/mol. The Morgan fingerprint density at radius 1 is 1.07 bits per heavy atom. The van der Waals surface area contributed by atoms with Gasteiger partial charge in [0, 0.05) is 24.4 Å². The zero-order valence-corrected chi connectivity index (χ0v) is 15.2. The highest BCUT2D eigenvalue weighted by Gasteiger charge is 2.33. The molecule has 1 aromatic heterocycles. The number of rotatable bonds is 5. The molecule has 0 fully saturated rings. The number of nitro groups is 1. The van der Waals surface area contributed by atoms with Crippen molar-refractivity contribution in [3.05, 3.63) is 104 Å². The molecule has 7 nitrogen and oxygen atoms in total. The second-order valence-electron chi connectivity index (χ2n) is 6.31. The number of anilines is 1. The normalized spacial score (nSPS) is 11.2. The number of para-hydroxylation sites is 1. The van der Waals surface area contributed by atoms with E-state index in [1.54, 1.807) is 6.07 Å². The first kappa shape index (κ1) is 20.8. The maximum Gasteiger partial charge on any atom is 0.418 e. The van der Waals surface area contributed by atoms with E-state index in [1.165, 1.54) is 42.6 Å². The lowest BCUT2D eigenvalue weighted by Crippen LogP contribution is -2.23. The number of hydrogen-bond donors (Lipinski definition) is 1. The van der Waals surface area contributed by atoms with Crippen LogP contribution in [0.5, 0.6) is 0 Å². The maximum atomic E-state index is 13.1. The number of non-ortho nitro benzene ring substituents is 1. The lowest BCUT2D eigenvalue weighted by atomic mass is 10.1. The van der Waals surface area contributed by atoms with Gasteiger partial charge in [-0.15, -0.1) is 0 Å². The Morgan fingerprint density at radius 2 is 1.80 bits per heavy atom. The maximum absolute atomic E-state index is 13.1. The number of benzene rings is 2. The lowest BCUT2D eigenvalue weighted by molar-refractivity contribution is -0.384. The first-order chi connectivity index (χ1) is 14.1. The smallest absolute Gasteiger partial charge is 0.321 e. The van der Waals surface area contributed by atoms with Crippen molar-refractivity contribution in [2.24, 2.45) is 0 Å². The molecule has 3 aromatic rings. The van der Waals surface area contributed by atoms with Gasteiger partial charge in [0.1, 0.15) is 0 Å². The van der Waals surface area contributed by atoms with Crippen molar-refractivity contribution in [3.63, 3.8) is 0 Å². The standard InChI is InChI=1S/C20H14F3N3O4/c21-20(22,23)16-6-1-2-7-17(16)24-19(28)14-8-9-18(27)25(12-14)11-13-4-3-5-15(10-13)26(29)30/h1-10,12H,11H2,(H,24,28). The summed E-state index contributed by atoms with van der Waals surface area (Å²) in [5.41, 5.74) is -1.63. The molecule has 2 aromatic carbocycles. The van der Waals surface area contributed by atoms with Gasteiger partial charge in [-0.05, 0) is 23.8 Å². The first-order valence-corrected chi connectivity index (χ1v) is 8.56. The second kappa shape index (κ2) is 8.19. The SMILES string of the molecule is O=C(Nc1ccccc1C(F)(F)F)c1ccc(=O)n(Cc2cccc([N+](=O)[O-])c2)c1. The minimum absolute atomic E-state index is 0.0444. The van der Waals surface area contributed by atoms with E-state index in [0.29, 0.717) is 5.56 Å². The highest BCUT2D eigenvalue weighted by Crippen LogP contribution is 2.34. The van der Waals surface area contributed by atoms with Crippen LogP contribution in [-0.4, -0.2) is 15.4 Å². The predicted octanol–water partition coefficient (Wildman–Crippen LogP) is 4.08. The molecule has 1 heterocycles. The summed E-state index contributed by atoms with van der Waals surface area (Å²) in [6, 6.07) is 12.5. The second-order valence-corrected chi connectivity index (χ2v) is 6.31. The van der Waals surface area contributed by atoms with Crippen molar-refractivity contribution in [1.82, 2.24) is 4.57 Å². The molecule has 0 aliphatic rings. The lowest BCUT2D eigenvalue weighted by Gasteiger charge is -2.14. The molecule has 0 saturated carbocycles. The molecule has 0 aliphatic carbocycles. The van der Waals surface area contributed by atoms with Crippen LogP contribution in [0.1, 0.15) is 21.5 Å². The molecular formula is C20H14F3N3O4. The molecule has 30 heavy (non-hydrogen) atoms. The molecule has 3 rings (SSSR count). The van der Waals surface area contributed by atoms with E-state index in [1.807, 2.05) is 0 Å². The number of pyridine rings is 1. The number of nitrogens with zero attached hydrogens (tertiary/aromatic N) is 2. The number of carbonyl (C=O) groups excluding carboxylic acids is 1. The van der Waals surface area contributed by atoms with Gasteiger partial charge in [-0.2, -0.15) is 13.2 Å². The van der Waals surface area contributed by atoms with Crippen LogP contribution in [0.2, 0.25) is 0 Å². The Bertz CT molecular complexity index is 1170. The van der Waals surface area contributed by atoms with Crippen molar-refractivity contribution in [2.75, 3.05) is 5.32 Å². The molecule has 0 radical (unpaired) electrons. The number of amides is 1. The summed E-state index contributed by atoms with van der Waals surface area (Å²) in [4.78, 5) is 34.9. The number of nitro benzene ring substituents is 1. The van der Waals surface area contributed by atoms with Gasteiger partial charge in [-0.3, -0.25) is 19.7 Å². The van der Waals surface area contributed by atoms with Gasteiger partial charge in [0.25, 0.3) is 17.2 Å². The van der Waals surface area contributed by atoms with Gasteiger partial charge >= 0.3 is 6.18 Å². The number of halogens is 3. The fourth-order valence-electron chi connectivity index (χ4n) is 2.79. The number of hydrogen-bond acceptors (Lipinski definition) is 4. The summed E-state index contributed by atoms with van der Waals surface area (Å²) in [6.45, 7) is -0.0548. The third-order valence-electron chi connectivity index (χ3n) is 4.20. The Hall–Kier alpha value is -3.95. The van der Waals surface area contributed by atoms with E-state index < -0.39 is 33.8 Å². The third kappa shape index (κ3) is 4.72. The van der Waals surface area contributed by atoms with Crippen molar-refractivity contribution >= 4 is 17.3 Å². The van der Waals surface area contributed by atoms with Crippen molar-refractivity contribution in [2.45, 2.75) is 12.7 Å². The third-order valence-corrected chi connectivity index (χ3v) is 4.20. The topological polar surface area (TPSA) is 94.2 Å². The van der Waals surface area contributed by atoms with Gasteiger partial charge in [0.15, 0.2) is 0 Å². The van der Waals surface area contributed by atoms with Crippen LogP contribution in [0.15, 0.2) is 71.7 Å². The molecule has 0 saturated heterocycles. The molecule has 154 valence electrons. The number of aromatic nitrogens is 1. The largest absolute Gasteiger partial charge is 0.418 e. The van der Waals surface area contributed by atoms with Gasteiger partial charge in [-0.25, -0.2) is 0 Å². The molecule has 10 heteroatoms. The molecule has 0 unspecified atom stereocenters.